The Balaban J connectivity index is 2.79. The molecule has 0 unspecified atom stereocenters. The predicted octanol–water partition coefficient (Wildman–Crippen LogP) is 11.6. The average molecular weight is 807 g/mol. The fourth-order valence-corrected chi connectivity index (χ4v) is 4.26. The minimum atomic E-state index is -8.65. The molecule has 0 bridgehead atoms. The molecule has 0 aliphatic heterocycles. The summed E-state index contributed by atoms with van der Waals surface area (Å²) >= 11 is 0. The van der Waals surface area contributed by atoms with Gasteiger partial charge in [0.05, 0.1) is 19.3 Å². The summed E-state index contributed by atoms with van der Waals surface area (Å²) in [6.45, 7) is 6.86. The van der Waals surface area contributed by atoms with Crippen LogP contribution in [-0.2, 0) is 11.3 Å². The molecule has 0 fully saturated rings. The lowest BCUT2D eigenvalue weighted by atomic mass is 9.88. The number of aliphatic hydroxyl groups excluding tert-OH is 1. The Labute approximate surface area is 294 Å². The average Bonchev–Trinajstić information content (AvgIpc) is 3.04. The highest BCUT2D eigenvalue weighted by atomic mass is 19.4. The summed E-state index contributed by atoms with van der Waals surface area (Å²) in [5.74, 6) is -56.1. The molecule has 0 saturated carbocycles. The number of allylic oxidation sites excluding steroid dienone is 3. The van der Waals surface area contributed by atoms with Gasteiger partial charge in [-0.1, -0.05) is 57.2 Å². The molecule has 0 heterocycles. The van der Waals surface area contributed by atoms with Gasteiger partial charge in [-0.15, -0.1) is 0 Å². The molecule has 1 aromatic carbocycles. The Morgan fingerprint density at radius 3 is 1.58 bits per heavy atom. The molecular formula is C33H39F17O3. The molecule has 0 aromatic heterocycles. The molecule has 1 rings (SSSR count). The molecule has 0 aliphatic carbocycles. The molecule has 1 N–H and O–H groups in total. The third kappa shape index (κ3) is 10.7. The first kappa shape index (κ1) is 48.2. The van der Waals surface area contributed by atoms with Gasteiger partial charge in [0.15, 0.2) is 0 Å². The van der Waals surface area contributed by atoms with Crippen LogP contribution in [0.3, 0.4) is 0 Å². The van der Waals surface area contributed by atoms with Crippen molar-refractivity contribution in [1.29, 1.82) is 0 Å². The zero-order valence-electron chi connectivity index (χ0n) is 28.6. The predicted molar refractivity (Wildman–Crippen MR) is 158 cm³/mol. The summed E-state index contributed by atoms with van der Waals surface area (Å²) in [7, 11) is 0. The molecular weight excluding hydrogens is 767 g/mol. The van der Waals surface area contributed by atoms with Crippen molar-refractivity contribution in [1.82, 2.24) is 0 Å². The minimum absolute atomic E-state index is 0.00329. The SMILES string of the molecule is C[C@@H](CO)C/C=C/[C@H](C)C/C=C/[C@@H](C)[C@@H](C)OCc1ccc(OCCCC(F)(F)C(F)(F)C(F)(F)C(F)(F)C(F)(F)C(F)(F)C(F)(F)C(F)(F)F)cc1. The van der Waals surface area contributed by atoms with Crippen LogP contribution in [0.25, 0.3) is 0 Å². The number of rotatable bonds is 22. The molecule has 3 nitrogen and oxygen atoms in total. The van der Waals surface area contributed by atoms with Crippen LogP contribution < -0.4 is 4.74 Å². The van der Waals surface area contributed by atoms with Gasteiger partial charge in [0, 0.05) is 13.0 Å². The van der Waals surface area contributed by atoms with E-state index < -0.39 is 67.1 Å². The minimum Gasteiger partial charge on any atom is -0.494 e. The van der Waals surface area contributed by atoms with Crippen molar-refractivity contribution in [2.24, 2.45) is 17.8 Å². The van der Waals surface area contributed by atoms with Crippen molar-refractivity contribution < 1.29 is 89.2 Å². The summed E-state index contributed by atoms with van der Waals surface area (Å²) in [6, 6.07) is 5.34. The zero-order valence-corrected chi connectivity index (χ0v) is 28.6. The third-order valence-electron chi connectivity index (χ3n) is 8.13. The maximum atomic E-state index is 14.1. The van der Waals surface area contributed by atoms with Crippen LogP contribution in [0.2, 0.25) is 0 Å². The Morgan fingerprint density at radius 2 is 1.09 bits per heavy atom. The van der Waals surface area contributed by atoms with E-state index in [2.05, 4.69) is 6.08 Å². The van der Waals surface area contributed by atoms with Gasteiger partial charge in [-0.3, -0.25) is 0 Å². The van der Waals surface area contributed by atoms with E-state index in [0.717, 1.165) is 12.8 Å². The van der Waals surface area contributed by atoms with Crippen molar-refractivity contribution in [2.45, 2.75) is 114 Å². The highest BCUT2D eigenvalue weighted by molar-refractivity contribution is 5.27. The number of hydrogen-bond acceptors (Lipinski definition) is 3. The Bertz CT molecular complexity index is 1320. The Kier molecular flexibility index (Phi) is 16.2. The zero-order chi connectivity index (χ0) is 41.5. The van der Waals surface area contributed by atoms with Crippen LogP contribution in [0.15, 0.2) is 48.6 Å². The molecule has 0 spiro atoms. The van der Waals surface area contributed by atoms with Gasteiger partial charge in [-0.25, -0.2) is 0 Å². The van der Waals surface area contributed by atoms with E-state index in [1.54, 1.807) is 0 Å². The normalized spacial score (nSPS) is 17.0. The summed E-state index contributed by atoms with van der Waals surface area (Å²) in [4.78, 5) is 0. The van der Waals surface area contributed by atoms with Crippen molar-refractivity contribution >= 4 is 0 Å². The largest absolute Gasteiger partial charge is 0.494 e. The van der Waals surface area contributed by atoms with E-state index in [1.165, 1.54) is 24.3 Å². The van der Waals surface area contributed by atoms with Gasteiger partial charge in [-0.05, 0) is 61.6 Å². The van der Waals surface area contributed by atoms with E-state index in [4.69, 9.17) is 14.6 Å². The van der Waals surface area contributed by atoms with Gasteiger partial charge < -0.3 is 14.6 Å². The lowest BCUT2D eigenvalue weighted by Crippen LogP contribution is -2.74. The van der Waals surface area contributed by atoms with E-state index in [0.29, 0.717) is 5.56 Å². The van der Waals surface area contributed by atoms with Crippen LogP contribution in [0.4, 0.5) is 74.6 Å². The summed E-state index contributed by atoms with van der Waals surface area (Å²) < 4.78 is 239. The van der Waals surface area contributed by atoms with E-state index in [9.17, 15) is 74.6 Å². The van der Waals surface area contributed by atoms with E-state index >= 15 is 0 Å². The maximum Gasteiger partial charge on any atom is 0.460 e. The molecule has 1 aromatic rings. The fraction of sp³-hybridized carbons (Fsp3) is 0.697. The Hall–Kier alpha value is -2.77. The second-order valence-electron chi connectivity index (χ2n) is 12.7. The molecule has 4 atom stereocenters. The van der Waals surface area contributed by atoms with Crippen molar-refractivity contribution in [3.05, 3.63) is 54.1 Å². The number of benzene rings is 1. The second-order valence-corrected chi connectivity index (χ2v) is 12.7. The smallest absolute Gasteiger partial charge is 0.460 e. The maximum absolute atomic E-state index is 14.1. The summed E-state index contributed by atoms with van der Waals surface area (Å²) in [5.41, 5.74) is 0.570. The second kappa shape index (κ2) is 17.8. The molecule has 0 amide bonds. The standard InChI is InChI=1S/C33H39F17O3/c1-20(8-5-10-21(2)18-51)9-6-11-22(3)23(4)53-19-24-12-14-25(15-13-24)52-17-7-16-26(34,35)27(36,37)28(38,39)29(40,41)30(42,43)31(44,45)32(46,47)33(48,49)50/h5-6,8,11-15,20-23,51H,7,9-10,16-19H2,1-4H3/b8-5+,11-6+/t20-,21+,22+,23+/m0/s1. The summed E-state index contributed by atoms with van der Waals surface area (Å²) in [6.07, 6.45) is -2.42. The number of aliphatic hydroxyl groups is 1. The lowest BCUT2D eigenvalue weighted by molar-refractivity contribution is -0.461. The fourth-order valence-electron chi connectivity index (χ4n) is 4.26. The van der Waals surface area contributed by atoms with Gasteiger partial charge >= 0.3 is 47.6 Å². The van der Waals surface area contributed by atoms with Crippen molar-refractivity contribution in [2.75, 3.05) is 13.2 Å². The van der Waals surface area contributed by atoms with E-state index in [1.807, 2.05) is 45.9 Å². The van der Waals surface area contributed by atoms with Crippen LogP contribution in [-0.4, -0.2) is 72.1 Å². The van der Waals surface area contributed by atoms with Crippen LogP contribution in [0.5, 0.6) is 5.75 Å². The molecule has 20 heteroatoms. The molecule has 308 valence electrons. The van der Waals surface area contributed by atoms with Gasteiger partial charge in [0.1, 0.15) is 5.75 Å². The number of ether oxygens (including phenoxy) is 2. The molecule has 0 radical (unpaired) electrons. The van der Waals surface area contributed by atoms with Crippen LogP contribution >= 0.6 is 0 Å². The monoisotopic (exact) mass is 806 g/mol. The van der Waals surface area contributed by atoms with Gasteiger partial charge in [0.2, 0.25) is 0 Å². The first-order valence-corrected chi connectivity index (χ1v) is 15.8. The Morgan fingerprint density at radius 1 is 0.623 bits per heavy atom. The van der Waals surface area contributed by atoms with Crippen LogP contribution in [0.1, 0.15) is 58.9 Å². The third-order valence-corrected chi connectivity index (χ3v) is 8.13. The quantitative estimate of drug-likeness (QED) is 0.0721. The van der Waals surface area contributed by atoms with Gasteiger partial charge in [-0.2, -0.15) is 74.6 Å². The van der Waals surface area contributed by atoms with E-state index in [-0.39, 0.29) is 42.8 Å². The summed E-state index contributed by atoms with van der Waals surface area (Å²) in [5, 5.41) is 9.06. The first-order chi connectivity index (χ1) is 23.9. The highest BCUT2D eigenvalue weighted by Crippen LogP contribution is 2.64. The van der Waals surface area contributed by atoms with Crippen LogP contribution in [0, 0.1) is 17.8 Å². The molecule has 53 heavy (non-hydrogen) atoms. The highest BCUT2D eigenvalue weighted by Gasteiger charge is 2.95. The number of alkyl halides is 17. The molecule has 0 saturated heterocycles. The first-order valence-electron chi connectivity index (χ1n) is 15.8. The van der Waals surface area contributed by atoms with Gasteiger partial charge in [0.25, 0.3) is 0 Å². The van der Waals surface area contributed by atoms with Crippen molar-refractivity contribution in [3.63, 3.8) is 0 Å². The lowest BCUT2D eigenvalue weighted by Gasteiger charge is -2.42. The number of hydrogen-bond donors (Lipinski definition) is 1. The molecule has 0 aliphatic rings. The van der Waals surface area contributed by atoms with Crippen molar-refractivity contribution in [3.8, 4) is 5.75 Å². The topological polar surface area (TPSA) is 38.7 Å². The number of halogens is 17.